The van der Waals surface area contributed by atoms with Gasteiger partial charge in [-0.25, -0.2) is 4.79 Å². The molecule has 0 radical (unpaired) electrons. The van der Waals surface area contributed by atoms with Gasteiger partial charge in [-0.2, -0.15) is 0 Å². The van der Waals surface area contributed by atoms with Crippen LogP contribution < -0.4 is 0 Å². The summed E-state index contributed by atoms with van der Waals surface area (Å²) in [5.74, 6) is -1.73. The van der Waals surface area contributed by atoms with Gasteiger partial charge in [0.1, 0.15) is 18.3 Å². The number of carbonyl (C=O) groups is 2. The Morgan fingerprint density at radius 2 is 1.69 bits per heavy atom. The molecule has 5 rings (SSSR count). The Labute approximate surface area is 205 Å². The zero-order valence-electron chi connectivity index (χ0n) is 20.5. The Morgan fingerprint density at radius 1 is 1.00 bits per heavy atom. The Kier molecular flexibility index (Phi) is 5.74. The van der Waals surface area contributed by atoms with Gasteiger partial charge < -0.3 is 35.0 Å². The molecular formula is C26H38O9. The van der Waals surface area contributed by atoms with Gasteiger partial charge >= 0.3 is 11.9 Å². The number of aliphatic hydroxyl groups is 4. The van der Waals surface area contributed by atoms with Gasteiger partial charge in [0.2, 0.25) is 6.29 Å². The molecule has 0 aromatic carbocycles. The summed E-state index contributed by atoms with van der Waals surface area (Å²) in [6, 6.07) is 0. The number of rotatable bonds is 3. The summed E-state index contributed by atoms with van der Waals surface area (Å²) in [4.78, 5) is 25.1. The smallest absolute Gasteiger partial charge is 0.335 e. The Bertz CT molecular complexity index is 936. The minimum Gasteiger partial charge on any atom is -0.479 e. The van der Waals surface area contributed by atoms with Gasteiger partial charge in [-0.3, -0.25) is 4.79 Å². The molecule has 1 spiro atoms. The van der Waals surface area contributed by atoms with Crippen molar-refractivity contribution in [3.63, 3.8) is 0 Å². The SMILES string of the molecule is C=C1C[C@@]23CC[C@H]4[C@@](C)(CCC[C@@]4(C)C(=O)O[C@@H]4O[C@H](C(=O)O)[C@@H](O)[C@H](O)[C@H]4O)[C@@H]2CC[C@]1(O)C3. The lowest BCUT2D eigenvalue weighted by molar-refractivity contribution is -0.292. The van der Waals surface area contributed by atoms with E-state index in [0.29, 0.717) is 18.8 Å². The van der Waals surface area contributed by atoms with Crippen LogP contribution in [0.3, 0.4) is 0 Å². The van der Waals surface area contributed by atoms with Gasteiger partial charge in [0.05, 0.1) is 11.0 Å². The van der Waals surface area contributed by atoms with Crippen molar-refractivity contribution < 1.29 is 44.6 Å². The number of fused-ring (bicyclic) bond motifs is 3. The third kappa shape index (κ3) is 3.45. The second-order valence-electron chi connectivity index (χ2n) is 12.5. The number of hydrogen-bond acceptors (Lipinski definition) is 8. The summed E-state index contributed by atoms with van der Waals surface area (Å²) in [7, 11) is 0. The van der Waals surface area contributed by atoms with E-state index in [-0.39, 0.29) is 16.7 Å². The molecule has 9 nitrogen and oxygen atoms in total. The average Bonchev–Trinajstić information content (AvgIpc) is 2.96. The zero-order chi connectivity index (χ0) is 25.6. The molecule has 35 heavy (non-hydrogen) atoms. The molecule has 1 aliphatic heterocycles. The van der Waals surface area contributed by atoms with Gasteiger partial charge in [-0.15, -0.1) is 0 Å². The molecule has 5 aliphatic rings. The maximum atomic E-state index is 13.7. The second kappa shape index (κ2) is 7.99. The van der Waals surface area contributed by atoms with Crippen LogP contribution in [0.1, 0.15) is 71.6 Å². The normalized spacial score (nSPS) is 53.4. The molecular weight excluding hydrogens is 456 g/mol. The number of ether oxygens (including phenoxy) is 2. The quantitative estimate of drug-likeness (QED) is 0.290. The van der Waals surface area contributed by atoms with Crippen molar-refractivity contribution in [2.24, 2.45) is 28.1 Å². The van der Waals surface area contributed by atoms with E-state index < -0.39 is 53.7 Å². The highest BCUT2D eigenvalue weighted by molar-refractivity contribution is 5.77. The van der Waals surface area contributed by atoms with Gasteiger partial charge in [0, 0.05) is 0 Å². The summed E-state index contributed by atoms with van der Waals surface area (Å²) in [6.45, 7) is 8.35. The van der Waals surface area contributed by atoms with Gasteiger partial charge in [0.15, 0.2) is 6.10 Å². The Hall–Kier alpha value is -1.52. The average molecular weight is 495 g/mol. The molecule has 2 bridgehead atoms. The minimum absolute atomic E-state index is 0.00905. The number of carboxylic acids is 1. The van der Waals surface area contributed by atoms with Crippen LogP contribution in [0.5, 0.6) is 0 Å². The number of hydrogen-bond donors (Lipinski definition) is 5. The predicted octanol–water partition coefficient (Wildman–Crippen LogP) is 1.51. The standard InChI is InChI=1S/C26H38O9/c1-13-11-25-9-5-14-23(2,15(25)6-10-26(13,33)12-25)7-4-8-24(14,3)22(32)35-21-18(29)16(27)17(28)19(34-21)20(30)31/h14-19,21,27-29,33H,1,4-12H2,2-3H3,(H,30,31)/t14-,15-,16-,17-,18+,19-,21-,23+,24+,25+,26-/m0/s1. The van der Waals surface area contributed by atoms with Gasteiger partial charge in [-0.1, -0.05) is 19.9 Å². The lowest BCUT2D eigenvalue weighted by Crippen LogP contribution is -2.62. The van der Waals surface area contributed by atoms with Crippen LogP contribution in [0, 0.1) is 28.1 Å². The van der Waals surface area contributed by atoms with Crippen molar-refractivity contribution in [2.45, 2.75) is 108 Å². The molecule has 0 unspecified atom stereocenters. The van der Waals surface area contributed by atoms with Gasteiger partial charge in [0.25, 0.3) is 0 Å². The van der Waals surface area contributed by atoms with Crippen molar-refractivity contribution in [3.8, 4) is 0 Å². The summed E-state index contributed by atoms with van der Waals surface area (Å²) in [6.07, 6.45) is -1.68. The fourth-order valence-electron chi connectivity index (χ4n) is 8.98. The molecule has 11 atom stereocenters. The highest BCUT2D eigenvalue weighted by Crippen LogP contribution is 2.73. The number of aliphatic hydroxyl groups excluding tert-OH is 3. The lowest BCUT2D eigenvalue weighted by atomic mass is 9.41. The van der Waals surface area contributed by atoms with Crippen molar-refractivity contribution >= 4 is 11.9 Å². The van der Waals surface area contributed by atoms with Gasteiger partial charge in [-0.05, 0) is 86.5 Å². The summed E-state index contributed by atoms with van der Waals surface area (Å²) >= 11 is 0. The van der Waals surface area contributed by atoms with E-state index in [4.69, 9.17) is 9.47 Å². The molecule has 196 valence electrons. The first-order valence-electron chi connectivity index (χ1n) is 12.8. The molecule has 0 amide bonds. The fourth-order valence-corrected chi connectivity index (χ4v) is 8.98. The summed E-state index contributed by atoms with van der Waals surface area (Å²) < 4.78 is 10.8. The maximum Gasteiger partial charge on any atom is 0.335 e. The number of esters is 1. The number of aliphatic carboxylic acids is 1. The maximum absolute atomic E-state index is 13.7. The van der Waals surface area contributed by atoms with Crippen LogP contribution in [0.15, 0.2) is 12.2 Å². The molecule has 0 aromatic rings. The molecule has 1 saturated heterocycles. The van der Waals surface area contributed by atoms with E-state index in [0.717, 1.165) is 50.5 Å². The highest BCUT2D eigenvalue weighted by Gasteiger charge is 2.68. The fraction of sp³-hybridized carbons (Fsp3) is 0.846. The number of carboxylic acid groups (broad SMARTS) is 1. The van der Waals surface area contributed by atoms with Crippen LogP contribution in [0.25, 0.3) is 0 Å². The second-order valence-corrected chi connectivity index (χ2v) is 12.5. The summed E-state index contributed by atoms with van der Waals surface area (Å²) in [5.41, 5.74) is -0.827. The van der Waals surface area contributed by atoms with Crippen LogP contribution >= 0.6 is 0 Å². The minimum atomic E-state index is -1.84. The van der Waals surface area contributed by atoms with Crippen molar-refractivity contribution in [1.29, 1.82) is 0 Å². The zero-order valence-corrected chi connectivity index (χ0v) is 20.5. The first-order valence-corrected chi connectivity index (χ1v) is 12.8. The predicted molar refractivity (Wildman–Crippen MR) is 122 cm³/mol. The van der Waals surface area contributed by atoms with Crippen molar-refractivity contribution in [3.05, 3.63) is 12.2 Å². The van der Waals surface area contributed by atoms with Crippen LogP contribution in [0.2, 0.25) is 0 Å². The molecule has 1 heterocycles. The third-order valence-corrected chi connectivity index (χ3v) is 10.7. The van der Waals surface area contributed by atoms with E-state index in [9.17, 15) is 35.1 Å². The van der Waals surface area contributed by atoms with Crippen LogP contribution in [0.4, 0.5) is 0 Å². The van der Waals surface area contributed by atoms with E-state index in [2.05, 4.69) is 13.5 Å². The molecule has 0 aromatic heterocycles. The molecule has 9 heteroatoms. The van der Waals surface area contributed by atoms with Crippen molar-refractivity contribution in [2.75, 3.05) is 0 Å². The Balaban J connectivity index is 1.39. The number of carbonyl (C=O) groups excluding carboxylic acids is 1. The van der Waals surface area contributed by atoms with E-state index >= 15 is 0 Å². The van der Waals surface area contributed by atoms with E-state index in [1.807, 2.05) is 6.92 Å². The molecule has 5 N–H and O–H groups in total. The van der Waals surface area contributed by atoms with E-state index in [1.165, 1.54) is 0 Å². The first kappa shape index (κ1) is 25.1. The lowest BCUT2D eigenvalue weighted by Gasteiger charge is -2.63. The molecule has 4 saturated carbocycles. The molecule has 4 aliphatic carbocycles. The monoisotopic (exact) mass is 494 g/mol. The Morgan fingerprint density at radius 3 is 2.37 bits per heavy atom. The first-order chi connectivity index (χ1) is 16.3. The molecule has 5 fully saturated rings. The highest BCUT2D eigenvalue weighted by atomic mass is 16.7. The third-order valence-electron chi connectivity index (χ3n) is 10.7. The largest absolute Gasteiger partial charge is 0.479 e. The van der Waals surface area contributed by atoms with E-state index in [1.54, 1.807) is 0 Å². The van der Waals surface area contributed by atoms with Crippen LogP contribution in [-0.2, 0) is 19.1 Å². The summed E-state index contributed by atoms with van der Waals surface area (Å²) in [5, 5.41) is 50.8. The van der Waals surface area contributed by atoms with Crippen molar-refractivity contribution in [1.82, 2.24) is 0 Å². The topological polar surface area (TPSA) is 154 Å². The van der Waals surface area contributed by atoms with Crippen LogP contribution in [-0.4, -0.2) is 73.8 Å².